The SMILES string of the molecule is NCCS(=O)(=O)CC(=O)NC1CC1. The molecule has 5 nitrogen and oxygen atoms in total. The lowest BCUT2D eigenvalue weighted by Gasteiger charge is -2.03. The van der Waals surface area contributed by atoms with Crippen molar-refractivity contribution < 1.29 is 13.2 Å². The number of nitrogens with one attached hydrogen (secondary N) is 1. The molecular weight excluding hydrogens is 192 g/mol. The standard InChI is InChI=1S/C7H14N2O3S/c8-3-4-13(11,12)5-7(10)9-6-1-2-6/h6H,1-5,8H2,(H,9,10). The first-order chi connectivity index (χ1) is 6.03. The molecule has 1 amide bonds. The predicted octanol–water partition coefficient (Wildman–Crippen LogP) is -1.36. The van der Waals surface area contributed by atoms with Gasteiger partial charge in [0.2, 0.25) is 5.91 Å². The van der Waals surface area contributed by atoms with E-state index in [4.69, 9.17) is 5.73 Å². The van der Waals surface area contributed by atoms with E-state index in [1.165, 1.54) is 0 Å². The lowest BCUT2D eigenvalue weighted by atomic mass is 10.6. The fourth-order valence-electron chi connectivity index (χ4n) is 0.948. The Morgan fingerprint density at radius 1 is 1.46 bits per heavy atom. The van der Waals surface area contributed by atoms with E-state index in [-0.39, 0.29) is 18.3 Å². The molecule has 0 heterocycles. The fraction of sp³-hybridized carbons (Fsp3) is 0.857. The minimum atomic E-state index is -3.29. The summed E-state index contributed by atoms with van der Waals surface area (Å²) in [7, 11) is -3.29. The molecule has 76 valence electrons. The molecule has 0 aromatic heterocycles. The van der Waals surface area contributed by atoms with E-state index in [1.54, 1.807) is 0 Å². The van der Waals surface area contributed by atoms with E-state index in [1.807, 2.05) is 0 Å². The number of rotatable bonds is 5. The number of hydrogen-bond acceptors (Lipinski definition) is 4. The molecule has 0 aliphatic heterocycles. The van der Waals surface area contributed by atoms with Crippen molar-refractivity contribution in [2.45, 2.75) is 18.9 Å². The third-order valence-corrected chi connectivity index (χ3v) is 3.28. The molecule has 0 bridgehead atoms. The highest BCUT2D eigenvalue weighted by molar-refractivity contribution is 7.92. The summed E-state index contributed by atoms with van der Waals surface area (Å²) < 4.78 is 22.2. The number of nitrogens with two attached hydrogens (primary N) is 1. The number of amides is 1. The van der Waals surface area contributed by atoms with E-state index >= 15 is 0 Å². The van der Waals surface area contributed by atoms with Gasteiger partial charge in [0.05, 0.1) is 5.75 Å². The minimum absolute atomic E-state index is 0.0685. The van der Waals surface area contributed by atoms with Gasteiger partial charge in [-0.25, -0.2) is 8.42 Å². The smallest absolute Gasteiger partial charge is 0.235 e. The van der Waals surface area contributed by atoms with E-state index in [0.29, 0.717) is 0 Å². The fourth-order valence-corrected chi connectivity index (χ4v) is 1.93. The summed E-state index contributed by atoms with van der Waals surface area (Å²) in [5.74, 6) is -0.956. The maximum Gasteiger partial charge on any atom is 0.235 e. The Labute approximate surface area is 77.6 Å². The molecule has 1 rings (SSSR count). The number of carbonyl (C=O) groups is 1. The Bertz CT molecular complexity index is 282. The van der Waals surface area contributed by atoms with Gasteiger partial charge in [-0.05, 0) is 12.8 Å². The topological polar surface area (TPSA) is 89.3 Å². The first kappa shape index (κ1) is 10.5. The largest absolute Gasteiger partial charge is 0.352 e. The van der Waals surface area contributed by atoms with Crippen LogP contribution in [0.5, 0.6) is 0 Å². The zero-order valence-electron chi connectivity index (χ0n) is 7.32. The highest BCUT2D eigenvalue weighted by Gasteiger charge is 2.25. The van der Waals surface area contributed by atoms with Crippen molar-refractivity contribution in [2.24, 2.45) is 5.73 Å². The van der Waals surface area contributed by atoms with Crippen molar-refractivity contribution in [3.05, 3.63) is 0 Å². The van der Waals surface area contributed by atoms with Crippen molar-refractivity contribution >= 4 is 15.7 Å². The Hall–Kier alpha value is -0.620. The molecule has 1 aliphatic rings. The van der Waals surface area contributed by atoms with Crippen LogP contribution in [0, 0.1) is 0 Å². The molecule has 0 radical (unpaired) electrons. The Morgan fingerprint density at radius 2 is 2.08 bits per heavy atom. The van der Waals surface area contributed by atoms with E-state index in [2.05, 4.69) is 5.32 Å². The van der Waals surface area contributed by atoms with Gasteiger partial charge in [0, 0.05) is 12.6 Å². The van der Waals surface area contributed by atoms with E-state index < -0.39 is 21.5 Å². The van der Waals surface area contributed by atoms with Crippen molar-refractivity contribution in [3.63, 3.8) is 0 Å². The number of carbonyl (C=O) groups excluding carboxylic acids is 1. The molecule has 1 aliphatic carbocycles. The van der Waals surface area contributed by atoms with Gasteiger partial charge in [0.15, 0.2) is 9.84 Å². The van der Waals surface area contributed by atoms with Crippen molar-refractivity contribution in [1.29, 1.82) is 0 Å². The summed E-state index contributed by atoms with van der Waals surface area (Å²) in [6.07, 6.45) is 1.92. The van der Waals surface area contributed by atoms with Crippen LogP contribution in [0.15, 0.2) is 0 Å². The summed E-state index contributed by atoms with van der Waals surface area (Å²) in [6.45, 7) is 0.0685. The highest BCUT2D eigenvalue weighted by Crippen LogP contribution is 2.18. The van der Waals surface area contributed by atoms with Gasteiger partial charge in [0.25, 0.3) is 0 Å². The van der Waals surface area contributed by atoms with Crippen molar-refractivity contribution in [2.75, 3.05) is 18.1 Å². The maximum atomic E-state index is 11.1. The van der Waals surface area contributed by atoms with Crippen LogP contribution in [0.25, 0.3) is 0 Å². The zero-order chi connectivity index (χ0) is 9.90. The quantitative estimate of drug-likeness (QED) is 0.581. The van der Waals surface area contributed by atoms with Gasteiger partial charge in [0.1, 0.15) is 5.75 Å². The first-order valence-electron chi connectivity index (χ1n) is 4.23. The number of sulfone groups is 1. The van der Waals surface area contributed by atoms with Crippen LogP contribution < -0.4 is 11.1 Å². The first-order valence-corrected chi connectivity index (χ1v) is 6.05. The van der Waals surface area contributed by atoms with Crippen LogP contribution in [-0.4, -0.2) is 38.4 Å². The second kappa shape index (κ2) is 4.06. The van der Waals surface area contributed by atoms with Gasteiger partial charge in [-0.2, -0.15) is 0 Å². The number of hydrogen-bond donors (Lipinski definition) is 2. The van der Waals surface area contributed by atoms with Gasteiger partial charge in [-0.1, -0.05) is 0 Å². The third-order valence-electron chi connectivity index (χ3n) is 1.72. The molecule has 3 N–H and O–H groups in total. The summed E-state index contributed by atoms with van der Waals surface area (Å²) in [5.41, 5.74) is 5.09. The van der Waals surface area contributed by atoms with Crippen molar-refractivity contribution in [1.82, 2.24) is 5.32 Å². The van der Waals surface area contributed by atoms with Gasteiger partial charge < -0.3 is 11.1 Å². The summed E-state index contributed by atoms with van der Waals surface area (Å²) in [5, 5.41) is 2.61. The third kappa shape index (κ3) is 4.23. The molecule has 0 atom stereocenters. The highest BCUT2D eigenvalue weighted by atomic mass is 32.2. The van der Waals surface area contributed by atoms with Gasteiger partial charge in [-0.3, -0.25) is 4.79 Å². The molecule has 13 heavy (non-hydrogen) atoms. The summed E-state index contributed by atoms with van der Waals surface area (Å²) >= 11 is 0. The molecule has 1 fully saturated rings. The van der Waals surface area contributed by atoms with Crippen LogP contribution >= 0.6 is 0 Å². The molecule has 0 spiro atoms. The van der Waals surface area contributed by atoms with Crippen LogP contribution in [-0.2, 0) is 14.6 Å². The van der Waals surface area contributed by atoms with Crippen LogP contribution in [0.2, 0.25) is 0 Å². The molecule has 0 aromatic rings. The average Bonchev–Trinajstić information content (AvgIpc) is 2.68. The van der Waals surface area contributed by atoms with Crippen LogP contribution in [0.4, 0.5) is 0 Å². The molecular formula is C7H14N2O3S. The van der Waals surface area contributed by atoms with E-state index in [9.17, 15) is 13.2 Å². The molecule has 1 saturated carbocycles. The van der Waals surface area contributed by atoms with Crippen LogP contribution in [0.1, 0.15) is 12.8 Å². The monoisotopic (exact) mass is 206 g/mol. The van der Waals surface area contributed by atoms with E-state index in [0.717, 1.165) is 12.8 Å². The summed E-state index contributed by atoms with van der Waals surface area (Å²) in [6, 6.07) is 0.209. The minimum Gasteiger partial charge on any atom is -0.352 e. The second-order valence-electron chi connectivity index (χ2n) is 3.22. The summed E-state index contributed by atoms with van der Waals surface area (Å²) in [4.78, 5) is 11.1. The zero-order valence-corrected chi connectivity index (χ0v) is 8.14. The second-order valence-corrected chi connectivity index (χ2v) is 5.41. The molecule has 6 heteroatoms. The predicted molar refractivity (Wildman–Crippen MR) is 48.9 cm³/mol. The Morgan fingerprint density at radius 3 is 2.54 bits per heavy atom. The Balaban J connectivity index is 2.32. The Kier molecular flexibility index (Phi) is 3.27. The van der Waals surface area contributed by atoms with Crippen molar-refractivity contribution in [3.8, 4) is 0 Å². The van der Waals surface area contributed by atoms with Crippen LogP contribution in [0.3, 0.4) is 0 Å². The van der Waals surface area contributed by atoms with Gasteiger partial charge >= 0.3 is 0 Å². The molecule has 0 unspecified atom stereocenters. The normalized spacial score (nSPS) is 17.0. The molecule has 0 saturated heterocycles. The lowest BCUT2D eigenvalue weighted by molar-refractivity contribution is -0.118. The molecule has 0 aromatic carbocycles. The lowest BCUT2D eigenvalue weighted by Crippen LogP contribution is -2.33. The average molecular weight is 206 g/mol. The van der Waals surface area contributed by atoms with Gasteiger partial charge in [-0.15, -0.1) is 0 Å². The maximum absolute atomic E-state index is 11.1.